The third-order valence-electron chi connectivity index (χ3n) is 4.67. The molecule has 24 heavy (non-hydrogen) atoms. The van der Waals surface area contributed by atoms with Gasteiger partial charge in [-0.15, -0.1) is 0 Å². The molecule has 0 unspecified atom stereocenters. The van der Waals surface area contributed by atoms with Gasteiger partial charge in [0.15, 0.2) is 0 Å². The predicted octanol–water partition coefficient (Wildman–Crippen LogP) is 2.41. The van der Waals surface area contributed by atoms with Crippen molar-refractivity contribution in [3.63, 3.8) is 0 Å². The molecular formula is C17H19FN4O2. The average Bonchev–Trinajstić information content (AvgIpc) is 3.17. The fourth-order valence-corrected chi connectivity index (χ4v) is 3.41. The number of hydrogen-bond acceptors (Lipinski definition) is 4. The van der Waals surface area contributed by atoms with E-state index in [0.29, 0.717) is 23.5 Å². The van der Waals surface area contributed by atoms with Crippen molar-refractivity contribution in [2.24, 2.45) is 0 Å². The van der Waals surface area contributed by atoms with E-state index in [2.05, 4.69) is 10.3 Å². The molecule has 0 radical (unpaired) electrons. The Kier molecular flexibility index (Phi) is 3.72. The molecule has 3 aromatic rings. The van der Waals surface area contributed by atoms with Crippen LogP contribution >= 0.6 is 0 Å². The van der Waals surface area contributed by atoms with Crippen LogP contribution in [0.2, 0.25) is 0 Å². The normalized spacial score (nSPS) is 16.1. The van der Waals surface area contributed by atoms with Gasteiger partial charge >= 0.3 is 11.7 Å². The number of piperidine rings is 1. The van der Waals surface area contributed by atoms with E-state index in [-0.39, 0.29) is 11.7 Å². The summed E-state index contributed by atoms with van der Waals surface area (Å²) >= 11 is 0. The highest BCUT2D eigenvalue weighted by molar-refractivity contribution is 5.77. The number of imidazole rings is 1. The van der Waals surface area contributed by atoms with Crippen LogP contribution in [-0.2, 0) is 6.54 Å². The summed E-state index contributed by atoms with van der Waals surface area (Å²) in [5, 5.41) is 3.31. The number of fused-ring (bicyclic) bond motifs is 1. The monoisotopic (exact) mass is 330 g/mol. The van der Waals surface area contributed by atoms with Gasteiger partial charge in [0.1, 0.15) is 12.1 Å². The van der Waals surface area contributed by atoms with Crippen LogP contribution in [0.3, 0.4) is 0 Å². The molecule has 6 nitrogen and oxygen atoms in total. The minimum Gasteiger partial charge on any atom is -0.431 e. The summed E-state index contributed by atoms with van der Waals surface area (Å²) in [5.41, 5.74) is 1.73. The third kappa shape index (κ3) is 2.36. The minimum atomic E-state index is -0.394. The van der Waals surface area contributed by atoms with Crippen molar-refractivity contribution in [1.82, 2.24) is 19.4 Å². The zero-order chi connectivity index (χ0) is 16.7. The van der Waals surface area contributed by atoms with Crippen LogP contribution in [0, 0.1) is 5.82 Å². The maximum atomic E-state index is 13.7. The van der Waals surface area contributed by atoms with Crippen molar-refractivity contribution in [3.8, 4) is 6.01 Å². The van der Waals surface area contributed by atoms with E-state index >= 15 is 0 Å². The summed E-state index contributed by atoms with van der Waals surface area (Å²) in [7, 11) is 0. The van der Waals surface area contributed by atoms with Crippen LogP contribution in [0.5, 0.6) is 0 Å². The van der Waals surface area contributed by atoms with E-state index in [0.717, 1.165) is 31.6 Å². The van der Waals surface area contributed by atoms with Crippen LogP contribution in [0.4, 0.5) is 4.39 Å². The summed E-state index contributed by atoms with van der Waals surface area (Å²) in [5.74, 6) is -0.0645. The molecule has 7 heteroatoms. The Labute approximate surface area is 137 Å². The van der Waals surface area contributed by atoms with Gasteiger partial charge in [-0.3, -0.25) is 4.57 Å². The standard InChI is InChI=1S/C17H19FN4O2/c1-2-21-14-4-3-12(18)9-15(14)22(17(21)23)16-20-13(10-24-16)11-5-7-19-8-6-11/h3-4,9-11,19H,2,5-8H2,1H3. The van der Waals surface area contributed by atoms with Gasteiger partial charge in [-0.2, -0.15) is 4.98 Å². The fraction of sp³-hybridized carbons (Fsp3) is 0.412. The first-order valence-electron chi connectivity index (χ1n) is 8.26. The molecule has 1 saturated heterocycles. The van der Waals surface area contributed by atoms with Gasteiger partial charge in [0.05, 0.1) is 16.7 Å². The molecule has 0 bridgehead atoms. The van der Waals surface area contributed by atoms with Crippen molar-refractivity contribution in [1.29, 1.82) is 0 Å². The molecule has 0 atom stereocenters. The summed E-state index contributed by atoms with van der Waals surface area (Å²) < 4.78 is 22.2. The highest BCUT2D eigenvalue weighted by atomic mass is 19.1. The number of halogens is 1. The number of nitrogens with one attached hydrogen (secondary N) is 1. The van der Waals surface area contributed by atoms with E-state index in [4.69, 9.17) is 4.42 Å². The molecule has 126 valence electrons. The van der Waals surface area contributed by atoms with E-state index in [9.17, 15) is 9.18 Å². The molecule has 1 aliphatic heterocycles. The van der Waals surface area contributed by atoms with Gasteiger partial charge in [-0.25, -0.2) is 13.8 Å². The van der Waals surface area contributed by atoms with Crippen LogP contribution in [0.25, 0.3) is 17.0 Å². The first kappa shape index (κ1) is 15.1. The molecule has 3 heterocycles. The smallest absolute Gasteiger partial charge is 0.337 e. The summed E-state index contributed by atoms with van der Waals surface area (Å²) in [6.45, 7) is 4.28. The van der Waals surface area contributed by atoms with Crippen molar-refractivity contribution >= 4 is 11.0 Å². The highest BCUT2D eigenvalue weighted by Gasteiger charge is 2.22. The SMILES string of the molecule is CCn1c(=O)n(-c2nc(C3CCNCC3)co2)c2cc(F)ccc21. The number of rotatable bonds is 3. The highest BCUT2D eigenvalue weighted by Crippen LogP contribution is 2.26. The third-order valence-corrected chi connectivity index (χ3v) is 4.67. The molecule has 0 aliphatic carbocycles. The second-order valence-corrected chi connectivity index (χ2v) is 6.07. The van der Waals surface area contributed by atoms with E-state index < -0.39 is 5.82 Å². The predicted molar refractivity (Wildman–Crippen MR) is 88.1 cm³/mol. The zero-order valence-corrected chi connectivity index (χ0v) is 13.5. The quantitative estimate of drug-likeness (QED) is 0.801. The van der Waals surface area contributed by atoms with E-state index in [1.54, 1.807) is 16.9 Å². The molecule has 1 fully saturated rings. The number of nitrogens with zero attached hydrogens (tertiary/aromatic N) is 3. The Morgan fingerprint density at radius 3 is 2.88 bits per heavy atom. The average molecular weight is 330 g/mol. The molecule has 1 aliphatic rings. The zero-order valence-electron chi connectivity index (χ0n) is 13.5. The van der Waals surface area contributed by atoms with Crippen molar-refractivity contribution in [2.45, 2.75) is 32.2 Å². The Bertz CT molecular complexity index is 934. The Morgan fingerprint density at radius 1 is 1.33 bits per heavy atom. The van der Waals surface area contributed by atoms with Gasteiger partial charge in [0.25, 0.3) is 0 Å². The molecular weight excluding hydrogens is 311 g/mol. The fourth-order valence-electron chi connectivity index (χ4n) is 3.41. The van der Waals surface area contributed by atoms with Crippen LogP contribution in [0.15, 0.2) is 33.7 Å². The Hall–Kier alpha value is -2.41. The molecule has 1 aromatic carbocycles. The van der Waals surface area contributed by atoms with E-state index in [1.807, 2.05) is 6.92 Å². The second-order valence-electron chi connectivity index (χ2n) is 6.07. The lowest BCUT2D eigenvalue weighted by Gasteiger charge is -2.19. The van der Waals surface area contributed by atoms with Gasteiger partial charge in [-0.1, -0.05) is 0 Å². The first-order valence-corrected chi connectivity index (χ1v) is 8.26. The Balaban J connectivity index is 1.84. The van der Waals surface area contributed by atoms with Crippen molar-refractivity contribution < 1.29 is 8.81 Å². The number of aromatic nitrogens is 3. The maximum Gasteiger partial charge on any atom is 0.337 e. The number of aryl methyl sites for hydroxylation is 1. The second kappa shape index (κ2) is 5.90. The molecule has 0 spiro atoms. The minimum absolute atomic E-state index is 0.205. The van der Waals surface area contributed by atoms with Crippen molar-refractivity contribution in [3.05, 3.63) is 46.5 Å². The summed E-state index contributed by atoms with van der Waals surface area (Å²) in [6.07, 6.45) is 3.60. The van der Waals surface area contributed by atoms with Crippen LogP contribution in [-0.4, -0.2) is 27.2 Å². The summed E-state index contributed by atoms with van der Waals surface area (Å²) in [4.78, 5) is 17.2. The van der Waals surface area contributed by atoms with E-state index in [1.165, 1.54) is 16.7 Å². The van der Waals surface area contributed by atoms with Gasteiger partial charge < -0.3 is 9.73 Å². The van der Waals surface area contributed by atoms with Crippen LogP contribution < -0.4 is 11.0 Å². The molecule has 0 amide bonds. The number of hydrogen-bond donors (Lipinski definition) is 1. The lowest BCUT2D eigenvalue weighted by Crippen LogP contribution is -2.27. The summed E-state index contributed by atoms with van der Waals surface area (Å²) in [6, 6.07) is 4.52. The topological polar surface area (TPSA) is 65.0 Å². The molecule has 0 saturated carbocycles. The molecule has 1 N–H and O–H groups in total. The van der Waals surface area contributed by atoms with Crippen LogP contribution in [0.1, 0.15) is 31.4 Å². The van der Waals surface area contributed by atoms with Gasteiger partial charge in [-0.05, 0) is 45.0 Å². The number of benzene rings is 1. The molecule has 2 aromatic heterocycles. The Morgan fingerprint density at radius 2 is 2.12 bits per heavy atom. The first-order chi connectivity index (χ1) is 11.7. The largest absolute Gasteiger partial charge is 0.431 e. The lowest BCUT2D eigenvalue weighted by atomic mass is 9.95. The van der Waals surface area contributed by atoms with Gasteiger partial charge in [0, 0.05) is 18.5 Å². The lowest BCUT2D eigenvalue weighted by molar-refractivity contribution is 0.451. The maximum absolute atomic E-state index is 13.7. The molecule has 4 rings (SSSR count). The van der Waals surface area contributed by atoms with Crippen molar-refractivity contribution in [2.75, 3.05) is 13.1 Å². The number of oxazole rings is 1. The van der Waals surface area contributed by atoms with Gasteiger partial charge in [0.2, 0.25) is 0 Å².